The van der Waals surface area contributed by atoms with Gasteiger partial charge in [-0.15, -0.1) is 0 Å². The number of ether oxygens (including phenoxy) is 1. The maximum atomic E-state index is 11.8. The van der Waals surface area contributed by atoms with Crippen molar-refractivity contribution in [3.8, 4) is 5.75 Å². The van der Waals surface area contributed by atoms with Crippen LogP contribution in [0.15, 0.2) is 42.5 Å². The summed E-state index contributed by atoms with van der Waals surface area (Å²) < 4.78 is 5.73. The number of fused-ring (bicyclic) bond motifs is 1. The topological polar surface area (TPSA) is 50.4 Å². The number of hydrogen-bond acceptors (Lipinski definition) is 2. The fraction of sp³-hybridized carbons (Fsp3) is 0.316. The molecule has 2 N–H and O–H groups in total. The fourth-order valence-corrected chi connectivity index (χ4v) is 2.97. The Morgan fingerprint density at radius 3 is 2.58 bits per heavy atom. The van der Waals surface area contributed by atoms with Gasteiger partial charge in [0.05, 0.1) is 6.54 Å². The summed E-state index contributed by atoms with van der Waals surface area (Å²) in [5.74, 6) is 0.871. The van der Waals surface area contributed by atoms with Crippen molar-refractivity contribution in [3.05, 3.63) is 58.6 Å². The van der Waals surface area contributed by atoms with Gasteiger partial charge >= 0.3 is 6.03 Å². The lowest BCUT2D eigenvalue weighted by Crippen LogP contribution is -2.32. The molecule has 0 saturated heterocycles. The van der Waals surface area contributed by atoms with Gasteiger partial charge in [-0.2, -0.15) is 0 Å². The van der Waals surface area contributed by atoms with Gasteiger partial charge in [0.15, 0.2) is 0 Å². The average molecular weight is 345 g/mol. The lowest BCUT2D eigenvalue weighted by molar-refractivity contribution is 0.247. The molecule has 0 spiro atoms. The SMILES string of the molecule is O=C(NCCOc1ccc2c(c1)CCCC2)Nc1ccc(Cl)cc1. The molecule has 0 bridgehead atoms. The monoisotopic (exact) mass is 344 g/mol. The van der Waals surface area contributed by atoms with E-state index in [1.807, 2.05) is 6.07 Å². The summed E-state index contributed by atoms with van der Waals surface area (Å²) in [6.45, 7) is 0.878. The Bertz CT molecular complexity index is 701. The van der Waals surface area contributed by atoms with E-state index in [0.29, 0.717) is 23.9 Å². The highest BCUT2D eigenvalue weighted by Gasteiger charge is 2.09. The van der Waals surface area contributed by atoms with E-state index < -0.39 is 0 Å². The molecule has 0 atom stereocenters. The molecule has 1 aliphatic carbocycles. The molecule has 0 heterocycles. The number of urea groups is 1. The van der Waals surface area contributed by atoms with E-state index in [1.165, 1.54) is 30.4 Å². The first kappa shape index (κ1) is 16.7. The second-order valence-electron chi connectivity index (χ2n) is 5.87. The van der Waals surface area contributed by atoms with E-state index >= 15 is 0 Å². The van der Waals surface area contributed by atoms with Gasteiger partial charge < -0.3 is 15.4 Å². The van der Waals surface area contributed by atoms with E-state index in [-0.39, 0.29) is 6.03 Å². The number of aryl methyl sites for hydroxylation is 2. The summed E-state index contributed by atoms with van der Waals surface area (Å²) >= 11 is 5.81. The van der Waals surface area contributed by atoms with Gasteiger partial charge in [0.2, 0.25) is 0 Å². The standard InChI is InChI=1S/C19H21ClN2O2/c20-16-6-8-17(9-7-16)22-19(23)21-11-12-24-18-10-5-14-3-1-2-4-15(14)13-18/h5-10,13H,1-4,11-12H2,(H2,21,22,23). The Morgan fingerprint density at radius 1 is 1.04 bits per heavy atom. The third-order valence-corrected chi connectivity index (χ3v) is 4.33. The average Bonchev–Trinajstić information content (AvgIpc) is 2.60. The molecule has 2 aromatic carbocycles. The largest absolute Gasteiger partial charge is 0.492 e. The predicted molar refractivity (Wildman–Crippen MR) is 97.1 cm³/mol. The third-order valence-electron chi connectivity index (χ3n) is 4.08. The summed E-state index contributed by atoms with van der Waals surface area (Å²) in [5.41, 5.74) is 3.54. The number of hydrogen-bond donors (Lipinski definition) is 2. The summed E-state index contributed by atoms with van der Waals surface area (Å²) in [4.78, 5) is 11.8. The van der Waals surface area contributed by atoms with Crippen LogP contribution in [0.5, 0.6) is 5.75 Å². The van der Waals surface area contributed by atoms with Crippen LogP contribution in [0.25, 0.3) is 0 Å². The maximum absolute atomic E-state index is 11.8. The molecule has 0 unspecified atom stereocenters. The maximum Gasteiger partial charge on any atom is 0.319 e. The number of halogens is 1. The zero-order valence-electron chi connectivity index (χ0n) is 13.5. The molecule has 4 nitrogen and oxygen atoms in total. The van der Waals surface area contributed by atoms with E-state index in [4.69, 9.17) is 16.3 Å². The van der Waals surface area contributed by atoms with Gasteiger partial charge in [-0.3, -0.25) is 0 Å². The Hall–Kier alpha value is -2.20. The van der Waals surface area contributed by atoms with Crippen LogP contribution >= 0.6 is 11.6 Å². The highest BCUT2D eigenvalue weighted by atomic mass is 35.5. The predicted octanol–water partition coefficient (Wildman–Crippen LogP) is 4.42. The van der Waals surface area contributed by atoms with Crippen molar-refractivity contribution in [1.82, 2.24) is 5.32 Å². The molecule has 24 heavy (non-hydrogen) atoms. The van der Waals surface area contributed by atoms with Crippen molar-refractivity contribution >= 4 is 23.3 Å². The second kappa shape index (κ2) is 8.06. The molecule has 0 fully saturated rings. The molecule has 126 valence electrons. The van der Waals surface area contributed by atoms with Crippen molar-refractivity contribution in [1.29, 1.82) is 0 Å². The van der Waals surface area contributed by atoms with Gasteiger partial charge in [-0.05, 0) is 73.2 Å². The van der Waals surface area contributed by atoms with Crippen LogP contribution in [0.4, 0.5) is 10.5 Å². The number of carbonyl (C=O) groups excluding carboxylic acids is 1. The number of benzene rings is 2. The first-order valence-corrected chi connectivity index (χ1v) is 8.63. The number of rotatable bonds is 5. The lowest BCUT2D eigenvalue weighted by atomic mass is 9.92. The molecule has 1 aliphatic rings. The Labute approximate surface area is 147 Å². The van der Waals surface area contributed by atoms with Crippen LogP contribution in [-0.4, -0.2) is 19.2 Å². The van der Waals surface area contributed by atoms with Crippen molar-refractivity contribution in [2.45, 2.75) is 25.7 Å². The number of anilines is 1. The molecule has 5 heteroatoms. The van der Waals surface area contributed by atoms with Crippen LogP contribution < -0.4 is 15.4 Å². The van der Waals surface area contributed by atoms with Gasteiger partial charge in [0, 0.05) is 10.7 Å². The van der Waals surface area contributed by atoms with Gasteiger partial charge in [0.1, 0.15) is 12.4 Å². The minimum atomic E-state index is -0.258. The van der Waals surface area contributed by atoms with Crippen molar-refractivity contribution < 1.29 is 9.53 Å². The first-order valence-electron chi connectivity index (χ1n) is 8.26. The summed E-state index contributed by atoms with van der Waals surface area (Å²) in [7, 11) is 0. The fourth-order valence-electron chi connectivity index (χ4n) is 2.84. The van der Waals surface area contributed by atoms with Crippen molar-refractivity contribution in [3.63, 3.8) is 0 Å². The summed E-state index contributed by atoms with van der Waals surface area (Å²) in [6.07, 6.45) is 4.83. The highest BCUT2D eigenvalue weighted by molar-refractivity contribution is 6.30. The van der Waals surface area contributed by atoms with Crippen LogP contribution in [0, 0.1) is 0 Å². The molecule has 0 aromatic heterocycles. The van der Waals surface area contributed by atoms with Crippen LogP contribution in [0.2, 0.25) is 5.02 Å². The van der Waals surface area contributed by atoms with E-state index in [2.05, 4.69) is 22.8 Å². The van der Waals surface area contributed by atoms with Crippen molar-refractivity contribution in [2.24, 2.45) is 0 Å². The third kappa shape index (κ3) is 4.65. The van der Waals surface area contributed by atoms with E-state index in [9.17, 15) is 4.79 Å². The van der Waals surface area contributed by atoms with Gasteiger partial charge in [-0.1, -0.05) is 17.7 Å². The van der Waals surface area contributed by atoms with Gasteiger partial charge in [-0.25, -0.2) is 4.79 Å². The zero-order valence-corrected chi connectivity index (χ0v) is 14.2. The molecule has 0 aliphatic heterocycles. The summed E-state index contributed by atoms with van der Waals surface area (Å²) in [6, 6.07) is 13.0. The van der Waals surface area contributed by atoms with E-state index in [1.54, 1.807) is 24.3 Å². The number of nitrogens with one attached hydrogen (secondary N) is 2. The molecule has 2 aromatic rings. The number of amides is 2. The van der Waals surface area contributed by atoms with Crippen LogP contribution in [0.1, 0.15) is 24.0 Å². The molecule has 2 amide bonds. The summed E-state index contributed by atoms with van der Waals surface area (Å²) in [5, 5.41) is 6.15. The zero-order chi connectivity index (χ0) is 16.8. The minimum absolute atomic E-state index is 0.258. The smallest absolute Gasteiger partial charge is 0.319 e. The van der Waals surface area contributed by atoms with Gasteiger partial charge in [0.25, 0.3) is 0 Å². The Balaban J connectivity index is 1.40. The van der Waals surface area contributed by atoms with E-state index in [0.717, 1.165) is 12.2 Å². The Morgan fingerprint density at radius 2 is 1.79 bits per heavy atom. The molecule has 0 saturated carbocycles. The second-order valence-corrected chi connectivity index (χ2v) is 6.31. The Kier molecular flexibility index (Phi) is 5.59. The van der Waals surface area contributed by atoms with Crippen LogP contribution in [-0.2, 0) is 12.8 Å². The van der Waals surface area contributed by atoms with Crippen LogP contribution in [0.3, 0.4) is 0 Å². The number of carbonyl (C=O) groups is 1. The van der Waals surface area contributed by atoms with Crippen molar-refractivity contribution in [2.75, 3.05) is 18.5 Å². The quantitative estimate of drug-likeness (QED) is 0.789. The normalized spacial score (nSPS) is 13.0. The molecular formula is C19H21ClN2O2. The first-order chi connectivity index (χ1) is 11.7. The lowest BCUT2D eigenvalue weighted by Gasteiger charge is -2.17. The highest BCUT2D eigenvalue weighted by Crippen LogP contribution is 2.25. The molecule has 0 radical (unpaired) electrons. The molecule has 3 rings (SSSR count). The minimum Gasteiger partial charge on any atom is -0.492 e. The molecular weight excluding hydrogens is 324 g/mol.